The van der Waals surface area contributed by atoms with Gasteiger partial charge in [0.05, 0.1) is 6.26 Å². The van der Waals surface area contributed by atoms with E-state index in [1.165, 1.54) is 4.90 Å². The first-order valence-corrected chi connectivity index (χ1v) is 8.03. The molecule has 2 N–H and O–H groups in total. The molecule has 0 saturated heterocycles. The molecule has 1 aromatic heterocycles. The predicted octanol–water partition coefficient (Wildman–Crippen LogP) is 2.91. The van der Waals surface area contributed by atoms with Crippen LogP contribution in [-0.4, -0.2) is 25.5 Å². The SMILES string of the molecule is CCNCCNC(=O)c1occc1CSc1ccccc1. The van der Waals surface area contributed by atoms with Gasteiger partial charge in [-0.2, -0.15) is 0 Å². The molecule has 21 heavy (non-hydrogen) atoms. The lowest BCUT2D eigenvalue weighted by Gasteiger charge is -2.05. The molecule has 1 heterocycles. The molecule has 0 bridgehead atoms. The minimum atomic E-state index is -0.151. The van der Waals surface area contributed by atoms with Gasteiger partial charge in [0.15, 0.2) is 5.76 Å². The summed E-state index contributed by atoms with van der Waals surface area (Å²) >= 11 is 1.69. The van der Waals surface area contributed by atoms with Gasteiger partial charge in [-0.1, -0.05) is 25.1 Å². The van der Waals surface area contributed by atoms with Crippen LogP contribution in [0, 0.1) is 0 Å². The number of carbonyl (C=O) groups excluding carboxylic acids is 1. The van der Waals surface area contributed by atoms with Gasteiger partial charge in [0.1, 0.15) is 0 Å². The van der Waals surface area contributed by atoms with Crippen LogP contribution in [0.25, 0.3) is 0 Å². The number of hydrogen-bond donors (Lipinski definition) is 2. The van der Waals surface area contributed by atoms with Gasteiger partial charge in [0.2, 0.25) is 0 Å². The highest BCUT2D eigenvalue weighted by atomic mass is 32.2. The van der Waals surface area contributed by atoms with Crippen molar-refractivity contribution in [2.24, 2.45) is 0 Å². The summed E-state index contributed by atoms with van der Waals surface area (Å²) in [4.78, 5) is 13.2. The summed E-state index contributed by atoms with van der Waals surface area (Å²) in [6.07, 6.45) is 1.57. The summed E-state index contributed by atoms with van der Waals surface area (Å²) in [5.41, 5.74) is 0.921. The molecule has 5 heteroatoms. The van der Waals surface area contributed by atoms with E-state index < -0.39 is 0 Å². The highest BCUT2D eigenvalue weighted by molar-refractivity contribution is 7.98. The minimum absolute atomic E-state index is 0.151. The van der Waals surface area contributed by atoms with Crippen LogP contribution in [0.1, 0.15) is 23.0 Å². The molecule has 2 aromatic rings. The zero-order valence-electron chi connectivity index (χ0n) is 12.1. The zero-order valence-corrected chi connectivity index (χ0v) is 12.9. The number of furan rings is 1. The maximum Gasteiger partial charge on any atom is 0.287 e. The number of amides is 1. The van der Waals surface area contributed by atoms with Crippen LogP contribution in [0.4, 0.5) is 0 Å². The van der Waals surface area contributed by atoms with Gasteiger partial charge in [-0.05, 0) is 24.7 Å². The third-order valence-electron chi connectivity index (χ3n) is 2.93. The van der Waals surface area contributed by atoms with Crippen molar-refractivity contribution < 1.29 is 9.21 Å². The van der Waals surface area contributed by atoms with E-state index in [1.54, 1.807) is 18.0 Å². The molecule has 0 aliphatic rings. The van der Waals surface area contributed by atoms with Gasteiger partial charge < -0.3 is 15.1 Å². The molecule has 1 amide bonds. The molecule has 0 atom stereocenters. The van der Waals surface area contributed by atoms with E-state index in [-0.39, 0.29) is 5.91 Å². The lowest BCUT2D eigenvalue weighted by molar-refractivity contribution is 0.0925. The topological polar surface area (TPSA) is 54.3 Å². The van der Waals surface area contributed by atoms with Crippen LogP contribution in [0.15, 0.2) is 52.0 Å². The van der Waals surface area contributed by atoms with Crippen molar-refractivity contribution >= 4 is 17.7 Å². The Bertz CT molecular complexity index is 554. The van der Waals surface area contributed by atoms with Gasteiger partial charge in [0.25, 0.3) is 5.91 Å². The Hall–Kier alpha value is -1.72. The van der Waals surface area contributed by atoms with Crippen molar-refractivity contribution in [3.05, 3.63) is 54.0 Å². The molecule has 112 valence electrons. The standard InChI is InChI=1S/C16H20N2O2S/c1-2-17-9-10-18-16(19)15-13(8-11-20-15)12-21-14-6-4-3-5-7-14/h3-8,11,17H,2,9-10,12H2,1H3,(H,18,19). The van der Waals surface area contributed by atoms with Crippen LogP contribution in [0.2, 0.25) is 0 Å². The Morgan fingerprint density at radius 2 is 2.00 bits per heavy atom. The molecule has 0 spiro atoms. The Labute approximate surface area is 129 Å². The van der Waals surface area contributed by atoms with Crippen LogP contribution in [0.3, 0.4) is 0 Å². The molecule has 0 radical (unpaired) electrons. The number of rotatable bonds is 8. The number of carbonyl (C=O) groups is 1. The largest absolute Gasteiger partial charge is 0.459 e. The fourth-order valence-electron chi connectivity index (χ4n) is 1.85. The van der Waals surface area contributed by atoms with Crippen LogP contribution < -0.4 is 10.6 Å². The first-order chi connectivity index (χ1) is 10.3. The fourth-order valence-corrected chi connectivity index (χ4v) is 2.75. The highest BCUT2D eigenvalue weighted by Crippen LogP contribution is 2.24. The van der Waals surface area contributed by atoms with Crippen LogP contribution in [0.5, 0.6) is 0 Å². The number of nitrogens with one attached hydrogen (secondary N) is 2. The maximum atomic E-state index is 12.1. The fraction of sp³-hybridized carbons (Fsp3) is 0.312. The average molecular weight is 304 g/mol. The Morgan fingerprint density at radius 1 is 1.19 bits per heavy atom. The number of thioether (sulfide) groups is 1. The summed E-state index contributed by atoms with van der Waals surface area (Å²) in [5.74, 6) is 0.979. The first-order valence-electron chi connectivity index (χ1n) is 7.04. The molecule has 2 rings (SSSR count). The van der Waals surface area contributed by atoms with Crippen molar-refractivity contribution in [3.8, 4) is 0 Å². The summed E-state index contributed by atoms with van der Waals surface area (Å²) in [7, 11) is 0. The average Bonchev–Trinajstić information content (AvgIpc) is 2.99. The Balaban J connectivity index is 1.87. The maximum absolute atomic E-state index is 12.1. The van der Waals surface area contributed by atoms with E-state index in [0.717, 1.165) is 24.4 Å². The smallest absolute Gasteiger partial charge is 0.287 e. The molecule has 4 nitrogen and oxygen atoms in total. The van der Waals surface area contributed by atoms with Crippen molar-refractivity contribution in [1.82, 2.24) is 10.6 Å². The van der Waals surface area contributed by atoms with Crippen molar-refractivity contribution in [2.75, 3.05) is 19.6 Å². The zero-order chi connectivity index (χ0) is 14.9. The van der Waals surface area contributed by atoms with Crippen LogP contribution >= 0.6 is 11.8 Å². The van der Waals surface area contributed by atoms with E-state index in [2.05, 4.69) is 22.8 Å². The molecule has 1 aromatic carbocycles. The van der Waals surface area contributed by atoms with Gasteiger partial charge in [-0.3, -0.25) is 4.79 Å². The van der Waals surface area contributed by atoms with Gasteiger partial charge in [-0.15, -0.1) is 11.8 Å². The minimum Gasteiger partial charge on any atom is -0.459 e. The lowest BCUT2D eigenvalue weighted by Crippen LogP contribution is -2.31. The second-order valence-electron chi connectivity index (χ2n) is 4.49. The third kappa shape index (κ3) is 4.95. The normalized spacial score (nSPS) is 10.5. The van der Waals surface area contributed by atoms with Gasteiger partial charge in [-0.25, -0.2) is 0 Å². The summed E-state index contributed by atoms with van der Waals surface area (Å²) in [5, 5.41) is 6.01. The number of likely N-dealkylation sites (N-methyl/N-ethyl adjacent to an activating group) is 1. The molecule has 0 aliphatic carbocycles. The monoisotopic (exact) mass is 304 g/mol. The van der Waals surface area contributed by atoms with Crippen molar-refractivity contribution in [3.63, 3.8) is 0 Å². The summed E-state index contributed by atoms with van der Waals surface area (Å²) in [6, 6.07) is 12.0. The second-order valence-corrected chi connectivity index (χ2v) is 5.53. The van der Waals surface area contributed by atoms with E-state index in [4.69, 9.17) is 4.42 Å². The Kier molecular flexibility index (Phi) is 6.37. The van der Waals surface area contributed by atoms with E-state index in [1.807, 2.05) is 31.2 Å². The first kappa shape index (κ1) is 15.7. The highest BCUT2D eigenvalue weighted by Gasteiger charge is 2.14. The molecular formula is C16H20N2O2S. The van der Waals surface area contributed by atoms with E-state index >= 15 is 0 Å². The van der Waals surface area contributed by atoms with Crippen molar-refractivity contribution in [2.45, 2.75) is 17.6 Å². The van der Waals surface area contributed by atoms with E-state index in [0.29, 0.717) is 12.3 Å². The molecule has 0 fully saturated rings. The quantitative estimate of drug-likeness (QED) is 0.581. The van der Waals surface area contributed by atoms with Gasteiger partial charge >= 0.3 is 0 Å². The third-order valence-corrected chi connectivity index (χ3v) is 3.99. The Morgan fingerprint density at radius 3 is 2.76 bits per heavy atom. The molecule has 0 unspecified atom stereocenters. The molecule has 0 saturated carbocycles. The number of benzene rings is 1. The summed E-state index contributed by atoms with van der Waals surface area (Å²) < 4.78 is 5.33. The summed E-state index contributed by atoms with van der Waals surface area (Å²) in [6.45, 7) is 4.29. The van der Waals surface area contributed by atoms with E-state index in [9.17, 15) is 4.79 Å². The molecule has 0 aliphatic heterocycles. The van der Waals surface area contributed by atoms with Crippen LogP contribution in [-0.2, 0) is 5.75 Å². The second kappa shape index (κ2) is 8.54. The van der Waals surface area contributed by atoms with Crippen molar-refractivity contribution in [1.29, 1.82) is 0 Å². The molecular weight excluding hydrogens is 284 g/mol. The van der Waals surface area contributed by atoms with Gasteiger partial charge in [0, 0.05) is 29.3 Å². The lowest BCUT2D eigenvalue weighted by atomic mass is 10.2. The predicted molar refractivity (Wildman–Crippen MR) is 85.6 cm³/mol. The number of hydrogen-bond acceptors (Lipinski definition) is 4.